The van der Waals surface area contributed by atoms with E-state index in [1.54, 1.807) is 36.4 Å². The van der Waals surface area contributed by atoms with E-state index in [-0.39, 0.29) is 16.4 Å². The number of hydrogen-bond acceptors (Lipinski definition) is 3. The van der Waals surface area contributed by atoms with Crippen LogP contribution in [0, 0.1) is 0 Å². The van der Waals surface area contributed by atoms with Crippen LogP contribution in [0.5, 0.6) is 0 Å². The fourth-order valence-corrected chi connectivity index (χ4v) is 4.41. The smallest absolute Gasteiger partial charge is 0.268 e. The first-order valence-electron chi connectivity index (χ1n) is 6.54. The Balaban J connectivity index is 2.42. The molecule has 0 saturated heterocycles. The van der Waals surface area contributed by atoms with Gasteiger partial charge in [0.25, 0.3) is 10.0 Å². The Kier molecular flexibility index (Phi) is 3.66. The lowest BCUT2D eigenvalue weighted by Crippen LogP contribution is -2.17. The van der Waals surface area contributed by atoms with Crippen molar-refractivity contribution in [1.82, 2.24) is 3.97 Å². The lowest BCUT2D eigenvalue weighted by molar-refractivity contribution is 0.101. The van der Waals surface area contributed by atoms with Gasteiger partial charge in [0, 0.05) is 16.8 Å². The molecule has 0 fully saturated rings. The molecule has 1 heterocycles. The fraction of sp³-hybridized carbons (Fsp3) is 0.0625. The molecule has 0 aliphatic carbocycles. The third-order valence-electron chi connectivity index (χ3n) is 3.39. The number of rotatable bonds is 3. The van der Waals surface area contributed by atoms with Crippen molar-refractivity contribution in [3.63, 3.8) is 0 Å². The number of halogens is 1. The third-order valence-corrected chi connectivity index (χ3v) is 5.82. The average Bonchev–Trinajstić information content (AvgIpc) is 2.90. The molecule has 0 aliphatic rings. The van der Waals surface area contributed by atoms with Crippen LogP contribution in [0.1, 0.15) is 17.4 Å². The zero-order chi connectivity index (χ0) is 15.9. The van der Waals surface area contributed by atoms with Crippen LogP contribution in [0.25, 0.3) is 10.9 Å². The lowest BCUT2D eigenvalue weighted by Gasteiger charge is -2.10. The summed E-state index contributed by atoms with van der Waals surface area (Å²) in [5.74, 6) is -0.303. The van der Waals surface area contributed by atoms with Gasteiger partial charge in [0.05, 0.1) is 10.4 Å². The topological polar surface area (TPSA) is 56.1 Å². The molecule has 0 unspecified atom stereocenters. The minimum Gasteiger partial charge on any atom is -0.293 e. The zero-order valence-electron chi connectivity index (χ0n) is 11.7. The summed E-state index contributed by atoms with van der Waals surface area (Å²) in [6.45, 7) is 1.36. The molecule has 2 aromatic carbocycles. The summed E-state index contributed by atoms with van der Waals surface area (Å²) in [4.78, 5) is 12.1. The molecule has 112 valence electrons. The molecule has 0 aliphatic heterocycles. The number of fused-ring (bicyclic) bond motifs is 1. The Morgan fingerprint density at radius 3 is 2.36 bits per heavy atom. The summed E-state index contributed by atoms with van der Waals surface area (Å²) in [5, 5.41) is 0.687. The molecule has 0 spiro atoms. The van der Waals surface area contributed by atoms with Gasteiger partial charge in [-0.15, -0.1) is 0 Å². The molecule has 0 atom stereocenters. The van der Waals surface area contributed by atoms with Crippen molar-refractivity contribution in [2.45, 2.75) is 11.8 Å². The highest BCUT2D eigenvalue weighted by Gasteiger charge is 2.25. The molecule has 3 rings (SSSR count). The van der Waals surface area contributed by atoms with Crippen molar-refractivity contribution < 1.29 is 13.2 Å². The molecule has 1 aromatic heterocycles. The summed E-state index contributed by atoms with van der Waals surface area (Å²) in [7, 11) is -3.84. The standard InChI is InChI=1S/C16H12BrNO3S/c1-11(19)16-10-13-14(17)8-5-9-15(13)18(16)22(20,21)12-6-3-2-4-7-12/h2-10H,1H3. The van der Waals surface area contributed by atoms with E-state index in [1.165, 1.54) is 19.1 Å². The molecule has 0 N–H and O–H groups in total. The van der Waals surface area contributed by atoms with Crippen molar-refractivity contribution in [3.8, 4) is 0 Å². The van der Waals surface area contributed by atoms with Crippen LogP contribution in [0.3, 0.4) is 0 Å². The van der Waals surface area contributed by atoms with Gasteiger partial charge >= 0.3 is 0 Å². The molecule has 0 amide bonds. The first kappa shape index (κ1) is 15.0. The molecule has 6 heteroatoms. The molecule has 0 radical (unpaired) electrons. The van der Waals surface area contributed by atoms with Gasteiger partial charge in [-0.25, -0.2) is 12.4 Å². The molecular weight excluding hydrogens is 366 g/mol. The highest BCUT2D eigenvalue weighted by Crippen LogP contribution is 2.30. The van der Waals surface area contributed by atoms with E-state index in [2.05, 4.69) is 15.9 Å². The van der Waals surface area contributed by atoms with E-state index in [4.69, 9.17) is 0 Å². The SMILES string of the molecule is CC(=O)c1cc2c(Br)cccc2n1S(=O)(=O)c1ccccc1. The fourth-order valence-electron chi connectivity index (χ4n) is 2.37. The Morgan fingerprint density at radius 2 is 1.73 bits per heavy atom. The largest absolute Gasteiger partial charge is 0.293 e. The van der Waals surface area contributed by atoms with E-state index in [0.29, 0.717) is 10.9 Å². The second-order valence-corrected chi connectivity index (χ2v) is 7.48. The Labute approximate surface area is 136 Å². The average molecular weight is 378 g/mol. The summed E-state index contributed by atoms with van der Waals surface area (Å²) >= 11 is 3.40. The Bertz CT molecular complexity index is 975. The Morgan fingerprint density at radius 1 is 1.05 bits per heavy atom. The van der Waals surface area contributed by atoms with E-state index in [9.17, 15) is 13.2 Å². The number of carbonyl (C=O) groups excluding carboxylic acids is 1. The molecule has 0 saturated carbocycles. The lowest BCUT2D eigenvalue weighted by atomic mass is 10.2. The Hall–Kier alpha value is -1.92. The first-order chi connectivity index (χ1) is 10.4. The van der Waals surface area contributed by atoms with Gasteiger partial charge in [0.1, 0.15) is 5.69 Å². The van der Waals surface area contributed by atoms with Crippen molar-refractivity contribution in [3.05, 3.63) is 64.8 Å². The number of nitrogens with zero attached hydrogens (tertiary/aromatic N) is 1. The quantitative estimate of drug-likeness (QED) is 0.651. The summed E-state index contributed by atoms with van der Waals surface area (Å²) in [6.07, 6.45) is 0. The van der Waals surface area contributed by atoms with Crippen LogP contribution >= 0.6 is 15.9 Å². The van der Waals surface area contributed by atoms with Crippen molar-refractivity contribution in [2.75, 3.05) is 0 Å². The number of ketones is 1. The third kappa shape index (κ3) is 2.28. The number of benzene rings is 2. The van der Waals surface area contributed by atoms with E-state index in [0.717, 1.165) is 8.45 Å². The first-order valence-corrected chi connectivity index (χ1v) is 8.78. The molecule has 4 nitrogen and oxygen atoms in total. The normalized spacial score (nSPS) is 11.7. The van der Waals surface area contributed by atoms with Gasteiger partial charge in [0.2, 0.25) is 0 Å². The molecule has 22 heavy (non-hydrogen) atoms. The van der Waals surface area contributed by atoms with Crippen molar-refractivity contribution in [1.29, 1.82) is 0 Å². The second kappa shape index (κ2) is 5.37. The summed E-state index contributed by atoms with van der Waals surface area (Å²) in [5.41, 5.74) is 0.620. The number of Topliss-reactive ketones (excluding diaryl/α,β-unsaturated/α-hetero) is 1. The van der Waals surface area contributed by atoms with E-state index in [1.807, 2.05) is 6.07 Å². The zero-order valence-corrected chi connectivity index (χ0v) is 14.1. The van der Waals surface area contributed by atoms with Crippen molar-refractivity contribution >= 4 is 42.6 Å². The number of aromatic nitrogens is 1. The van der Waals surface area contributed by atoms with Gasteiger partial charge in [-0.1, -0.05) is 40.2 Å². The number of carbonyl (C=O) groups is 1. The monoisotopic (exact) mass is 377 g/mol. The maximum atomic E-state index is 12.9. The minimum atomic E-state index is -3.84. The van der Waals surface area contributed by atoms with Crippen LogP contribution in [0.4, 0.5) is 0 Å². The van der Waals surface area contributed by atoms with Gasteiger partial charge < -0.3 is 0 Å². The predicted molar refractivity (Wildman–Crippen MR) is 88.7 cm³/mol. The summed E-state index contributed by atoms with van der Waals surface area (Å²) in [6, 6.07) is 14.9. The van der Waals surface area contributed by atoms with Crippen LogP contribution in [0.2, 0.25) is 0 Å². The highest BCUT2D eigenvalue weighted by atomic mass is 79.9. The van der Waals surface area contributed by atoms with Gasteiger partial charge in [-0.2, -0.15) is 0 Å². The second-order valence-electron chi connectivity index (χ2n) is 4.84. The van der Waals surface area contributed by atoms with E-state index < -0.39 is 10.0 Å². The van der Waals surface area contributed by atoms with Crippen LogP contribution < -0.4 is 0 Å². The van der Waals surface area contributed by atoms with Crippen LogP contribution in [-0.2, 0) is 10.0 Å². The van der Waals surface area contributed by atoms with E-state index >= 15 is 0 Å². The summed E-state index contributed by atoms with van der Waals surface area (Å²) < 4.78 is 27.7. The van der Waals surface area contributed by atoms with Gasteiger partial charge in [-0.3, -0.25) is 4.79 Å². The highest BCUT2D eigenvalue weighted by molar-refractivity contribution is 9.10. The maximum Gasteiger partial charge on any atom is 0.268 e. The van der Waals surface area contributed by atoms with Crippen LogP contribution in [-0.4, -0.2) is 18.2 Å². The minimum absolute atomic E-state index is 0.144. The van der Waals surface area contributed by atoms with Crippen LogP contribution in [0.15, 0.2) is 64.0 Å². The van der Waals surface area contributed by atoms with Gasteiger partial charge in [-0.05, 0) is 30.3 Å². The maximum absolute atomic E-state index is 12.9. The number of hydrogen-bond donors (Lipinski definition) is 0. The molecule has 3 aromatic rings. The molecular formula is C16H12BrNO3S. The van der Waals surface area contributed by atoms with Crippen molar-refractivity contribution in [2.24, 2.45) is 0 Å². The molecule has 0 bridgehead atoms. The predicted octanol–water partition coefficient (Wildman–Crippen LogP) is 3.84. The van der Waals surface area contributed by atoms with Gasteiger partial charge in [0.15, 0.2) is 5.78 Å².